The van der Waals surface area contributed by atoms with Crippen molar-refractivity contribution in [3.63, 3.8) is 0 Å². The second-order valence-corrected chi connectivity index (χ2v) is 5.61. The molecule has 0 fully saturated rings. The Bertz CT molecular complexity index is 542. The molecule has 19 heavy (non-hydrogen) atoms. The zero-order valence-corrected chi connectivity index (χ0v) is 12.3. The number of benzene rings is 1. The molecule has 0 saturated carbocycles. The lowest BCUT2D eigenvalue weighted by atomic mass is 10.1. The minimum Gasteiger partial charge on any atom is -0.488 e. The first-order chi connectivity index (χ1) is 9.22. The van der Waals surface area contributed by atoms with Crippen molar-refractivity contribution >= 4 is 15.9 Å². The van der Waals surface area contributed by atoms with Crippen LogP contribution in [-0.2, 0) is 6.42 Å². The monoisotopic (exact) mass is 321 g/mol. The predicted molar refractivity (Wildman–Crippen MR) is 77.4 cm³/mol. The third-order valence-corrected chi connectivity index (χ3v) is 3.81. The summed E-state index contributed by atoms with van der Waals surface area (Å²) in [6.07, 6.45) is 1.18. The summed E-state index contributed by atoms with van der Waals surface area (Å²) < 4.78 is 12.2. The van der Waals surface area contributed by atoms with E-state index in [0.29, 0.717) is 0 Å². The molecule has 2 aromatic rings. The van der Waals surface area contributed by atoms with E-state index in [1.165, 1.54) is 5.56 Å². The molecule has 0 spiro atoms. The lowest BCUT2D eigenvalue weighted by molar-refractivity contribution is 0.220. The van der Waals surface area contributed by atoms with E-state index in [2.05, 4.69) is 40.3 Å². The van der Waals surface area contributed by atoms with Crippen LogP contribution < -0.4 is 10.1 Å². The number of halogens is 1. The van der Waals surface area contributed by atoms with E-state index in [1.54, 1.807) is 0 Å². The molecule has 4 heteroatoms. The van der Waals surface area contributed by atoms with Gasteiger partial charge in [0.2, 0.25) is 0 Å². The van der Waals surface area contributed by atoms with E-state index in [4.69, 9.17) is 9.15 Å². The van der Waals surface area contributed by atoms with Gasteiger partial charge in [0.05, 0.1) is 6.04 Å². The van der Waals surface area contributed by atoms with Crippen molar-refractivity contribution < 1.29 is 9.15 Å². The van der Waals surface area contributed by atoms with Gasteiger partial charge < -0.3 is 14.5 Å². The zero-order chi connectivity index (χ0) is 13.2. The van der Waals surface area contributed by atoms with Gasteiger partial charge in [-0.15, -0.1) is 0 Å². The Morgan fingerprint density at radius 3 is 2.89 bits per heavy atom. The quantitative estimate of drug-likeness (QED) is 0.932. The van der Waals surface area contributed by atoms with Crippen LogP contribution in [0.15, 0.2) is 45.5 Å². The van der Waals surface area contributed by atoms with Crippen LogP contribution in [0.4, 0.5) is 0 Å². The van der Waals surface area contributed by atoms with E-state index < -0.39 is 0 Å². The Balaban J connectivity index is 1.54. The third kappa shape index (κ3) is 2.85. The molecular weight excluding hydrogens is 306 g/mol. The number of hydrogen-bond donors (Lipinski definition) is 1. The first-order valence-corrected chi connectivity index (χ1v) is 7.25. The average Bonchev–Trinajstić information content (AvgIpc) is 3.01. The van der Waals surface area contributed by atoms with Gasteiger partial charge in [0, 0.05) is 13.0 Å². The van der Waals surface area contributed by atoms with Crippen LogP contribution in [0.25, 0.3) is 0 Å². The highest BCUT2D eigenvalue weighted by Gasteiger charge is 2.22. The van der Waals surface area contributed by atoms with Crippen molar-refractivity contribution in [2.75, 3.05) is 6.54 Å². The number of nitrogens with one attached hydrogen (secondary N) is 1. The second-order valence-electron chi connectivity index (χ2n) is 4.82. The molecule has 1 aromatic carbocycles. The SMILES string of the molecule is CC(NCC1Cc2ccccc2O1)c1ccc(Br)o1. The van der Waals surface area contributed by atoms with E-state index >= 15 is 0 Å². The Morgan fingerprint density at radius 2 is 2.16 bits per heavy atom. The number of hydrogen-bond acceptors (Lipinski definition) is 3. The Morgan fingerprint density at radius 1 is 1.32 bits per heavy atom. The van der Waals surface area contributed by atoms with E-state index in [0.717, 1.165) is 29.1 Å². The summed E-state index contributed by atoms with van der Waals surface area (Å²) in [6, 6.07) is 12.3. The summed E-state index contributed by atoms with van der Waals surface area (Å²) in [5.41, 5.74) is 1.29. The first-order valence-electron chi connectivity index (χ1n) is 6.45. The van der Waals surface area contributed by atoms with Gasteiger partial charge in [0.25, 0.3) is 0 Å². The molecule has 0 radical (unpaired) electrons. The molecule has 1 aliphatic rings. The summed E-state index contributed by atoms with van der Waals surface area (Å²) >= 11 is 3.32. The maximum absolute atomic E-state index is 5.90. The maximum atomic E-state index is 5.90. The fourth-order valence-electron chi connectivity index (χ4n) is 2.34. The summed E-state index contributed by atoms with van der Waals surface area (Å²) in [5, 5.41) is 3.45. The van der Waals surface area contributed by atoms with Gasteiger partial charge in [0.1, 0.15) is 17.6 Å². The molecule has 2 unspecified atom stereocenters. The van der Waals surface area contributed by atoms with E-state index in [-0.39, 0.29) is 12.1 Å². The predicted octanol–water partition coefficient (Wildman–Crippen LogP) is 3.70. The first kappa shape index (κ1) is 12.8. The second kappa shape index (κ2) is 5.39. The normalized spacial score (nSPS) is 18.9. The summed E-state index contributed by atoms with van der Waals surface area (Å²) in [7, 11) is 0. The summed E-state index contributed by atoms with van der Waals surface area (Å²) in [6.45, 7) is 2.90. The smallest absolute Gasteiger partial charge is 0.169 e. The third-order valence-electron chi connectivity index (χ3n) is 3.39. The zero-order valence-electron chi connectivity index (χ0n) is 10.7. The van der Waals surface area contributed by atoms with Crippen molar-refractivity contribution in [3.8, 4) is 5.75 Å². The van der Waals surface area contributed by atoms with Crippen LogP contribution in [0.1, 0.15) is 24.3 Å². The minimum atomic E-state index is 0.179. The van der Waals surface area contributed by atoms with Crippen LogP contribution in [-0.4, -0.2) is 12.6 Å². The van der Waals surface area contributed by atoms with Crippen molar-refractivity contribution in [2.45, 2.75) is 25.5 Å². The highest BCUT2D eigenvalue weighted by Crippen LogP contribution is 2.28. The molecule has 100 valence electrons. The fourth-order valence-corrected chi connectivity index (χ4v) is 2.66. The molecule has 0 aliphatic carbocycles. The number of para-hydroxylation sites is 1. The highest BCUT2D eigenvalue weighted by atomic mass is 79.9. The molecule has 0 amide bonds. The average molecular weight is 322 g/mol. The molecular formula is C15H16BrNO2. The van der Waals surface area contributed by atoms with Gasteiger partial charge in [0.15, 0.2) is 4.67 Å². The lowest BCUT2D eigenvalue weighted by Crippen LogP contribution is -2.31. The Hall–Kier alpha value is -1.26. The molecule has 3 nitrogen and oxygen atoms in total. The number of fused-ring (bicyclic) bond motifs is 1. The topological polar surface area (TPSA) is 34.4 Å². The van der Waals surface area contributed by atoms with Crippen molar-refractivity contribution in [3.05, 3.63) is 52.4 Å². The fraction of sp³-hybridized carbons (Fsp3) is 0.333. The minimum absolute atomic E-state index is 0.179. The molecule has 0 bridgehead atoms. The molecule has 2 heterocycles. The van der Waals surface area contributed by atoms with Gasteiger partial charge in [-0.1, -0.05) is 18.2 Å². The lowest BCUT2D eigenvalue weighted by Gasteiger charge is -2.15. The maximum Gasteiger partial charge on any atom is 0.169 e. The van der Waals surface area contributed by atoms with Gasteiger partial charge in [-0.3, -0.25) is 0 Å². The highest BCUT2D eigenvalue weighted by molar-refractivity contribution is 9.10. The molecule has 2 atom stereocenters. The number of furan rings is 1. The van der Waals surface area contributed by atoms with Gasteiger partial charge in [-0.25, -0.2) is 0 Å². The summed E-state index contributed by atoms with van der Waals surface area (Å²) in [5.74, 6) is 1.95. The van der Waals surface area contributed by atoms with Gasteiger partial charge in [-0.2, -0.15) is 0 Å². The largest absolute Gasteiger partial charge is 0.488 e. The Kier molecular flexibility index (Phi) is 3.62. The van der Waals surface area contributed by atoms with Crippen LogP contribution >= 0.6 is 15.9 Å². The van der Waals surface area contributed by atoms with Gasteiger partial charge in [-0.05, 0) is 46.6 Å². The summed E-state index contributed by atoms with van der Waals surface area (Å²) in [4.78, 5) is 0. The van der Waals surface area contributed by atoms with Gasteiger partial charge >= 0.3 is 0 Å². The van der Waals surface area contributed by atoms with Crippen molar-refractivity contribution in [1.82, 2.24) is 5.32 Å². The standard InChI is InChI=1S/C15H16BrNO2/c1-10(13-6-7-15(16)19-13)17-9-12-8-11-4-2-3-5-14(11)18-12/h2-7,10,12,17H,8-9H2,1H3. The molecule has 1 aromatic heterocycles. The van der Waals surface area contributed by atoms with E-state index in [1.807, 2.05) is 24.3 Å². The molecule has 3 rings (SSSR count). The van der Waals surface area contributed by atoms with Crippen molar-refractivity contribution in [1.29, 1.82) is 0 Å². The van der Waals surface area contributed by atoms with Crippen LogP contribution in [0.2, 0.25) is 0 Å². The van der Waals surface area contributed by atoms with Crippen LogP contribution in [0, 0.1) is 0 Å². The molecule has 0 saturated heterocycles. The molecule has 1 aliphatic heterocycles. The number of ether oxygens (including phenoxy) is 1. The number of rotatable bonds is 4. The van der Waals surface area contributed by atoms with Crippen molar-refractivity contribution in [2.24, 2.45) is 0 Å². The van der Waals surface area contributed by atoms with Crippen LogP contribution in [0.3, 0.4) is 0 Å². The van der Waals surface area contributed by atoms with Crippen LogP contribution in [0.5, 0.6) is 5.75 Å². The Labute approximate surface area is 121 Å². The molecule has 1 N–H and O–H groups in total. The van der Waals surface area contributed by atoms with E-state index in [9.17, 15) is 0 Å².